The van der Waals surface area contributed by atoms with Gasteiger partial charge in [0.25, 0.3) is 5.91 Å². The van der Waals surface area contributed by atoms with Gasteiger partial charge in [-0.25, -0.2) is 0 Å². The highest BCUT2D eigenvalue weighted by Gasteiger charge is 2.22. The second kappa shape index (κ2) is 5.81. The van der Waals surface area contributed by atoms with Crippen LogP contribution < -0.4 is 5.32 Å². The van der Waals surface area contributed by atoms with Crippen LogP contribution in [0, 0.1) is 0 Å². The minimum atomic E-state index is -0.143. The van der Waals surface area contributed by atoms with Gasteiger partial charge in [0, 0.05) is 30.6 Å². The number of carbonyl (C=O) groups excluding carboxylic acids is 1. The lowest BCUT2D eigenvalue weighted by molar-refractivity contribution is 0.0905. The molecule has 0 aromatic carbocycles. The average Bonchev–Trinajstić information content (AvgIpc) is 3.13. The van der Waals surface area contributed by atoms with Crippen LogP contribution in [-0.2, 0) is 13.0 Å². The van der Waals surface area contributed by atoms with E-state index < -0.39 is 0 Å². The summed E-state index contributed by atoms with van der Waals surface area (Å²) in [6.45, 7) is 4.83. The van der Waals surface area contributed by atoms with Crippen LogP contribution in [0.3, 0.4) is 0 Å². The second-order valence-electron chi connectivity index (χ2n) is 5.13. The summed E-state index contributed by atoms with van der Waals surface area (Å²) in [4.78, 5) is 15.7. The largest absolute Gasteiger partial charge is 0.459 e. The Kier molecular flexibility index (Phi) is 3.89. The highest BCUT2D eigenvalue weighted by atomic mass is 32.1. The lowest BCUT2D eigenvalue weighted by Gasteiger charge is -2.32. The Morgan fingerprint density at radius 3 is 3.25 bits per heavy atom. The van der Waals surface area contributed by atoms with Crippen molar-refractivity contribution in [2.24, 2.45) is 0 Å². The van der Waals surface area contributed by atoms with E-state index in [0.717, 1.165) is 19.5 Å². The third-order valence-electron chi connectivity index (χ3n) is 3.76. The fraction of sp³-hybridized carbons (Fsp3) is 0.400. The van der Waals surface area contributed by atoms with Crippen molar-refractivity contribution in [3.8, 4) is 0 Å². The molecule has 5 heteroatoms. The van der Waals surface area contributed by atoms with E-state index in [4.69, 9.17) is 4.42 Å². The fourth-order valence-corrected chi connectivity index (χ4v) is 3.40. The van der Waals surface area contributed by atoms with Crippen LogP contribution in [0.5, 0.6) is 0 Å². The van der Waals surface area contributed by atoms with Crippen molar-refractivity contribution in [2.75, 3.05) is 13.1 Å². The average molecular weight is 290 g/mol. The van der Waals surface area contributed by atoms with Gasteiger partial charge in [-0.3, -0.25) is 9.69 Å². The lowest BCUT2D eigenvalue weighted by atomic mass is 10.1. The normalized spacial score (nSPS) is 16.6. The third-order valence-corrected chi connectivity index (χ3v) is 4.79. The van der Waals surface area contributed by atoms with E-state index in [1.807, 2.05) is 11.3 Å². The smallest absolute Gasteiger partial charge is 0.287 e. The molecule has 0 aliphatic carbocycles. The lowest BCUT2D eigenvalue weighted by Crippen LogP contribution is -2.44. The molecule has 0 spiro atoms. The molecular formula is C15H18N2O2S. The molecule has 0 bridgehead atoms. The van der Waals surface area contributed by atoms with Crippen molar-refractivity contribution in [1.29, 1.82) is 0 Å². The maximum atomic E-state index is 11.8. The van der Waals surface area contributed by atoms with Crippen molar-refractivity contribution in [3.05, 3.63) is 46.0 Å². The van der Waals surface area contributed by atoms with Crippen LogP contribution in [-0.4, -0.2) is 29.9 Å². The highest BCUT2D eigenvalue weighted by molar-refractivity contribution is 7.10. The minimum absolute atomic E-state index is 0.143. The summed E-state index contributed by atoms with van der Waals surface area (Å²) in [5.41, 5.74) is 1.44. The Labute approximate surface area is 122 Å². The van der Waals surface area contributed by atoms with Crippen LogP contribution >= 0.6 is 11.3 Å². The van der Waals surface area contributed by atoms with Crippen molar-refractivity contribution in [3.63, 3.8) is 0 Å². The molecule has 1 amide bonds. The number of thiophene rings is 1. The second-order valence-corrected chi connectivity index (χ2v) is 6.13. The van der Waals surface area contributed by atoms with Gasteiger partial charge in [-0.05, 0) is 42.5 Å². The first-order valence-electron chi connectivity index (χ1n) is 6.85. The Morgan fingerprint density at radius 1 is 1.55 bits per heavy atom. The molecule has 4 nitrogen and oxygen atoms in total. The third kappa shape index (κ3) is 2.78. The summed E-state index contributed by atoms with van der Waals surface area (Å²) in [6.07, 6.45) is 2.63. The first-order valence-corrected chi connectivity index (χ1v) is 7.73. The van der Waals surface area contributed by atoms with Gasteiger partial charge in [0.2, 0.25) is 0 Å². The fourth-order valence-electron chi connectivity index (χ4n) is 2.51. The summed E-state index contributed by atoms with van der Waals surface area (Å²) in [5, 5.41) is 5.09. The van der Waals surface area contributed by atoms with Crippen LogP contribution in [0.4, 0.5) is 0 Å². The van der Waals surface area contributed by atoms with E-state index in [1.165, 1.54) is 16.7 Å². The standard InChI is InChI=1S/C15H18N2O2S/c1-11(9-16-15(18)13-3-2-7-19-13)17-6-4-14-12(10-17)5-8-20-14/h2-3,5,7-8,11H,4,6,9-10H2,1H3,(H,16,18)/t11-/m0/s1. The molecule has 3 heterocycles. The zero-order valence-electron chi connectivity index (χ0n) is 11.5. The Balaban J connectivity index is 1.53. The SMILES string of the molecule is C[C@@H](CNC(=O)c1ccco1)N1CCc2sccc2C1. The van der Waals surface area contributed by atoms with Crippen LogP contribution in [0.25, 0.3) is 0 Å². The van der Waals surface area contributed by atoms with E-state index in [-0.39, 0.29) is 5.91 Å². The number of nitrogens with one attached hydrogen (secondary N) is 1. The number of nitrogens with zero attached hydrogens (tertiary/aromatic N) is 1. The zero-order chi connectivity index (χ0) is 13.9. The molecule has 106 valence electrons. The zero-order valence-corrected chi connectivity index (χ0v) is 12.3. The van der Waals surface area contributed by atoms with Crippen LogP contribution in [0.2, 0.25) is 0 Å². The van der Waals surface area contributed by atoms with Gasteiger partial charge in [-0.1, -0.05) is 0 Å². The van der Waals surface area contributed by atoms with Gasteiger partial charge in [0.15, 0.2) is 5.76 Å². The van der Waals surface area contributed by atoms with E-state index in [1.54, 1.807) is 12.1 Å². The van der Waals surface area contributed by atoms with E-state index in [0.29, 0.717) is 18.3 Å². The molecule has 3 rings (SSSR count). The molecule has 0 unspecified atom stereocenters. The highest BCUT2D eigenvalue weighted by Crippen LogP contribution is 2.24. The topological polar surface area (TPSA) is 45.5 Å². The molecule has 2 aromatic heterocycles. The van der Waals surface area contributed by atoms with Crippen molar-refractivity contribution < 1.29 is 9.21 Å². The van der Waals surface area contributed by atoms with Crippen molar-refractivity contribution in [1.82, 2.24) is 10.2 Å². The van der Waals surface area contributed by atoms with Crippen molar-refractivity contribution in [2.45, 2.75) is 25.9 Å². The number of hydrogen-bond donors (Lipinski definition) is 1. The molecule has 0 saturated carbocycles. The molecule has 1 aliphatic heterocycles. The summed E-state index contributed by atoms with van der Waals surface area (Å²) in [7, 11) is 0. The molecule has 1 aliphatic rings. The molecule has 0 radical (unpaired) electrons. The predicted octanol–water partition coefficient (Wildman–Crippen LogP) is 2.52. The van der Waals surface area contributed by atoms with E-state index >= 15 is 0 Å². The summed E-state index contributed by atoms with van der Waals surface area (Å²) < 4.78 is 5.08. The van der Waals surface area contributed by atoms with Crippen molar-refractivity contribution >= 4 is 17.2 Å². The Hall–Kier alpha value is -1.59. The van der Waals surface area contributed by atoms with Gasteiger partial charge in [0.05, 0.1) is 6.26 Å². The quantitative estimate of drug-likeness (QED) is 0.941. The molecule has 2 aromatic rings. The number of fused-ring (bicyclic) bond motifs is 1. The number of carbonyl (C=O) groups is 1. The number of hydrogen-bond acceptors (Lipinski definition) is 4. The molecule has 1 N–H and O–H groups in total. The summed E-state index contributed by atoms with van der Waals surface area (Å²) in [5.74, 6) is 0.228. The van der Waals surface area contributed by atoms with Gasteiger partial charge in [-0.15, -0.1) is 11.3 Å². The molecule has 0 saturated heterocycles. The Morgan fingerprint density at radius 2 is 2.45 bits per heavy atom. The number of amides is 1. The minimum Gasteiger partial charge on any atom is -0.459 e. The maximum absolute atomic E-state index is 11.8. The summed E-state index contributed by atoms with van der Waals surface area (Å²) >= 11 is 1.85. The number of furan rings is 1. The molecule has 20 heavy (non-hydrogen) atoms. The molecule has 1 atom stereocenters. The van der Waals surface area contributed by atoms with Gasteiger partial charge in [-0.2, -0.15) is 0 Å². The molecule has 0 fully saturated rings. The predicted molar refractivity (Wildman–Crippen MR) is 78.9 cm³/mol. The van der Waals surface area contributed by atoms with E-state index in [9.17, 15) is 4.79 Å². The number of rotatable bonds is 4. The van der Waals surface area contributed by atoms with E-state index in [2.05, 4.69) is 28.6 Å². The first kappa shape index (κ1) is 13.4. The summed E-state index contributed by atoms with van der Waals surface area (Å²) in [6, 6.07) is 5.93. The first-order chi connectivity index (χ1) is 9.74. The van der Waals surface area contributed by atoms with Gasteiger partial charge in [0.1, 0.15) is 0 Å². The van der Waals surface area contributed by atoms with Crippen LogP contribution in [0.1, 0.15) is 27.9 Å². The van der Waals surface area contributed by atoms with Crippen LogP contribution in [0.15, 0.2) is 34.3 Å². The van der Waals surface area contributed by atoms with Gasteiger partial charge >= 0.3 is 0 Å². The molecular weight excluding hydrogens is 272 g/mol. The monoisotopic (exact) mass is 290 g/mol. The Bertz CT molecular complexity index is 576. The maximum Gasteiger partial charge on any atom is 0.287 e. The van der Waals surface area contributed by atoms with Gasteiger partial charge < -0.3 is 9.73 Å².